The topological polar surface area (TPSA) is 62.2 Å². The molecule has 0 amide bonds. The Hall–Kier alpha value is -1.67. The van der Waals surface area contributed by atoms with Crippen molar-refractivity contribution in [3.63, 3.8) is 0 Å². The lowest BCUT2D eigenvalue weighted by Crippen LogP contribution is -1.98. The monoisotopic (exact) mass is 330 g/mol. The molecule has 0 unspecified atom stereocenters. The highest BCUT2D eigenvalue weighted by molar-refractivity contribution is 7.99. The summed E-state index contributed by atoms with van der Waals surface area (Å²) in [5.41, 5.74) is 1.23. The van der Waals surface area contributed by atoms with Gasteiger partial charge in [-0.3, -0.25) is 4.79 Å². The molecule has 0 saturated carbocycles. The van der Waals surface area contributed by atoms with Crippen molar-refractivity contribution in [3.05, 3.63) is 35.3 Å². The summed E-state index contributed by atoms with van der Waals surface area (Å²) in [6.07, 6.45) is 0.363. The van der Waals surface area contributed by atoms with Gasteiger partial charge in [-0.15, -0.1) is 11.3 Å². The maximum absolute atomic E-state index is 12.5. The van der Waals surface area contributed by atoms with Gasteiger partial charge in [0.2, 0.25) is 0 Å². The van der Waals surface area contributed by atoms with Crippen molar-refractivity contribution in [2.45, 2.75) is 23.5 Å². The number of aryl methyl sites for hydroxylation is 1. The SMILES string of the molecule is O=C(O)CCc1csc(Nc2ccccc2SC(F)F)n1. The molecule has 0 radical (unpaired) electrons. The second-order valence-electron chi connectivity index (χ2n) is 4.04. The normalized spacial score (nSPS) is 10.8. The number of thioether (sulfide) groups is 1. The molecule has 4 nitrogen and oxygen atoms in total. The fourth-order valence-electron chi connectivity index (χ4n) is 1.60. The van der Waals surface area contributed by atoms with Crippen LogP contribution in [0.2, 0.25) is 0 Å². The average Bonchev–Trinajstić information content (AvgIpc) is 2.86. The van der Waals surface area contributed by atoms with Crippen LogP contribution in [0, 0.1) is 0 Å². The molecule has 0 saturated heterocycles. The first-order valence-corrected chi connectivity index (χ1v) is 7.77. The number of rotatable bonds is 7. The van der Waals surface area contributed by atoms with Crippen molar-refractivity contribution in [2.75, 3.05) is 5.32 Å². The second-order valence-corrected chi connectivity index (χ2v) is 5.93. The third-order valence-corrected chi connectivity index (χ3v) is 4.09. The van der Waals surface area contributed by atoms with E-state index in [1.165, 1.54) is 11.3 Å². The molecule has 0 aliphatic heterocycles. The molecule has 0 aliphatic rings. The van der Waals surface area contributed by atoms with Crippen LogP contribution in [0.15, 0.2) is 34.5 Å². The maximum Gasteiger partial charge on any atom is 0.303 e. The molecule has 21 heavy (non-hydrogen) atoms. The number of benzene rings is 1. The van der Waals surface area contributed by atoms with E-state index in [-0.39, 0.29) is 6.42 Å². The minimum absolute atomic E-state index is 0.0149. The van der Waals surface area contributed by atoms with Crippen molar-refractivity contribution in [2.24, 2.45) is 0 Å². The first-order chi connectivity index (χ1) is 10.0. The summed E-state index contributed by atoms with van der Waals surface area (Å²) in [5, 5.41) is 13.9. The number of alkyl halides is 2. The van der Waals surface area contributed by atoms with Gasteiger partial charge in [0.25, 0.3) is 5.76 Å². The van der Waals surface area contributed by atoms with Crippen molar-refractivity contribution >= 4 is 39.9 Å². The minimum Gasteiger partial charge on any atom is -0.481 e. The summed E-state index contributed by atoms with van der Waals surface area (Å²) in [6.45, 7) is 0. The van der Waals surface area contributed by atoms with Crippen molar-refractivity contribution in [3.8, 4) is 0 Å². The number of hydrogen-bond donors (Lipinski definition) is 2. The smallest absolute Gasteiger partial charge is 0.303 e. The van der Waals surface area contributed by atoms with Crippen LogP contribution in [-0.2, 0) is 11.2 Å². The number of aliphatic carboxylic acids is 1. The molecule has 112 valence electrons. The van der Waals surface area contributed by atoms with Gasteiger partial charge in [0.15, 0.2) is 5.13 Å². The lowest BCUT2D eigenvalue weighted by molar-refractivity contribution is -0.136. The Balaban J connectivity index is 2.06. The Labute approximate surface area is 128 Å². The summed E-state index contributed by atoms with van der Waals surface area (Å²) in [7, 11) is 0. The number of anilines is 2. The molecular weight excluding hydrogens is 318 g/mol. The van der Waals surface area contributed by atoms with Crippen LogP contribution >= 0.6 is 23.1 Å². The zero-order valence-corrected chi connectivity index (χ0v) is 12.4. The quantitative estimate of drug-likeness (QED) is 0.744. The maximum atomic E-state index is 12.5. The van der Waals surface area contributed by atoms with Gasteiger partial charge in [-0.1, -0.05) is 23.9 Å². The molecule has 1 aromatic carbocycles. The molecule has 0 aliphatic carbocycles. The van der Waals surface area contributed by atoms with E-state index in [0.29, 0.717) is 39.6 Å². The van der Waals surface area contributed by atoms with E-state index in [4.69, 9.17) is 5.11 Å². The number of thiazole rings is 1. The standard InChI is InChI=1S/C13H12F2N2O2S2/c14-12(15)21-10-4-2-1-3-9(10)17-13-16-8(7-20-13)5-6-11(18)19/h1-4,7,12H,5-6H2,(H,16,17)(H,18,19). The second kappa shape index (κ2) is 7.37. The number of para-hydroxylation sites is 1. The third-order valence-electron chi connectivity index (χ3n) is 2.49. The number of carbonyl (C=O) groups is 1. The molecule has 0 atom stereocenters. The third kappa shape index (κ3) is 4.98. The number of carboxylic acid groups (broad SMARTS) is 1. The average molecular weight is 330 g/mol. The van der Waals surface area contributed by atoms with Crippen LogP contribution in [0.3, 0.4) is 0 Å². The van der Waals surface area contributed by atoms with E-state index in [9.17, 15) is 13.6 Å². The number of nitrogens with one attached hydrogen (secondary N) is 1. The highest BCUT2D eigenvalue weighted by Crippen LogP contribution is 2.33. The van der Waals surface area contributed by atoms with E-state index in [1.54, 1.807) is 29.6 Å². The van der Waals surface area contributed by atoms with E-state index < -0.39 is 11.7 Å². The molecular formula is C13H12F2N2O2S2. The first-order valence-electron chi connectivity index (χ1n) is 6.01. The van der Waals surface area contributed by atoms with Gasteiger partial charge < -0.3 is 10.4 Å². The minimum atomic E-state index is -2.49. The van der Waals surface area contributed by atoms with Crippen LogP contribution in [0.1, 0.15) is 12.1 Å². The summed E-state index contributed by atoms with van der Waals surface area (Å²) in [6, 6.07) is 6.74. The Morgan fingerprint density at radius 1 is 1.43 bits per heavy atom. The van der Waals surface area contributed by atoms with Crippen LogP contribution in [-0.4, -0.2) is 21.8 Å². The molecule has 2 rings (SSSR count). The van der Waals surface area contributed by atoms with E-state index in [1.807, 2.05) is 0 Å². The van der Waals surface area contributed by atoms with Crippen LogP contribution < -0.4 is 5.32 Å². The van der Waals surface area contributed by atoms with Gasteiger partial charge in [0.05, 0.1) is 17.8 Å². The van der Waals surface area contributed by atoms with Crippen molar-refractivity contribution in [1.82, 2.24) is 4.98 Å². The lowest BCUT2D eigenvalue weighted by Gasteiger charge is -2.08. The van der Waals surface area contributed by atoms with Crippen LogP contribution in [0.4, 0.5) is 19.6 Å². The Bertz CT molecular complexity index is 620. The summed E-state index contributed by atoms with van der Waals surface area (Å²) < 4.78 is 25.0. The summed E-state index contributed by atoms with van der Waals surface area (Å²) >= 11 is 1.78. The van der Waals surface area contributed by atoms with Gasteiger partial charge in [-0.05, 0) is 12.1 Å². The van der Waals surface area contributed by atoms with E-state index in [2.05, 4.69) is 10.3 Å². The number of halogens is 2. The first kappa shape index (κ1) is 15.7. The van der Waals surface area contributed by atoms with Crippen LogP contribution in [0.5, 0.6) is 0 Å². The van der Waals surface area contributed by atoms with E-state index in [0.717, 1.165) is 0 Å². The van der Waals surface area contributed by atoms with E-state index >= 15 is 0 Å². The molecule has 0 fully saturated rings. The fourth-order valence-corrected chi connectivity index (χ4v) is 2.95. The van der Waals surface area contributed by atoms with Gasteiger partial charge in [-0.25, -0.2) is 4.98 Å². The number of carboxylic acids is 1. The van der Waals surface area contributed by atoms with Crippen molar-refractivity contribution < 1.29 is 18.7 Å². The van der Waals surface area contributed by atoms with Crippen molar-refractivity contribution in [1.29, 1.82) is 0 Å². The van der Waals surface area contributed by atoms with Gasteiger partial charge >= 0.3 is 5.97 Å². The summed E-state index contributed by atoms with van der Waals surface area (Å²) in [4.78, 5) is 15.2. The molecule has 2 N–H and O–H groups in total. The predicted octanol–water partition coefficient (Wildman–Crippen LogP) is 4.22. The van der Waals surface area contributed by atoms with Crippen LogP contribution in [0.25, 0.3) is 0 Å². The zero-order chi connectivity index (χ0) is 15.2. The van der Waals surface area contributed by atoms with Gasteiger partial charge in [0, 0.05) is 16.7 Å². The summed E-state index contributed by atoms with van der Waals surface area (Å²) in [5.74, 6) is -3.37. The molecule has 1 heterocycles. The predicted molar refractivity (Wildman–Crippen MR) is 79.7 cm³/mol. The number of nitrogens with zero attached hydrogens (tertiary/aromatic N) is 1. The largest absolute Gasteiger partial charge is 0.481 e. The Kier molecular flexibility index (Phi) is 5.51. The number of hydrogen-bond acceptors (Lipinski definition) is 5. The Morgan fingerprint density at radius 3 is 2.90 bits per heavy atom. The highest BCUT2D eigenvalue weighted by atomic mass is 32.2. The van der Waals surface area contributed by atoms with Gasteiger partial charge in [0.1, 0.15) is 0 Å². The highest BCUT2D eigenvalue weighted by Gasteiger charge is 2.11. The Morgan fingerprint density at radius 2 is 2.19 bits per heavy atom. The zero-order valence-electron chi connectivity index (χ0n) is 10.8. The molecule has 2 aromatic rings. The molecule has 0 bridgehead atoms. The molecule has 8 heteroatoms. The molecule has 0 spiro atoms. The number of aromatic nitrogens is 1. The lowest BCUT2D eigenvalue weighted by atomic mass is 10.2. The fraction of sp³-hybridized carbons (Fsp3) is 0.231. The van der Waals surface area contributed by atoms with Gasteiger partial charge in [-0.2, -0.15) is 8.78 Å². The molecule has 1 aromatic heterocycles.